The van der Waals surface area contributed by atoms with Gasteiger partial charge >= 0.3 is 6.03 Å². The van der Waals surface area contributed by atoms with E-state index in [-0.39, 0.29) is 17.2 Å². The molecule has 2 aromatic rings. The van der Waals surface area contributed by atoms with Crippen LogP contribution in [-0.4, -0.2) is 31.6 Å². The molecule has 1 heterocycles. The van der Waals surface area contributed by atoms with Crippen molar-refractivity contribution in [3.63, 3.8) is 0 Å². The number of anilines is 1. The minimum atomic E-state index is -0.805. The Morgan fingerprint density at radius 3 is 2.39 bits per heavy atom. The topological polar surface area (TPSA) is 84.9 Å². The number of urea groups is 1. The highest BCUT2D eigenvalue weighted by atomic mass is 35.5. The van der Waals surface area contributed by atoms with Crippen LogP contribution in [0.25, 0.3) is 6.08 Å². The summed E-state index contributed by atoms with van der Waals surface area (Å²) < 4.78 is 10.8. The Hall–Kier alpha value is -3.58. The summed E-state index contributed by atoms with van der Waals surface area (Å²) in [6.45, 7) is 7.53. The molecular weight excluding hydrogens is 420 g/mol. The summed E-state index contributed by atoms with van der Waals surface area (Å²) in [5.41, 5.74) is 2.36. The van der Waals surface area contributed by atoms with Crippen LogP contribution in [0.2, 0.25) is 5.02 Å². The molecule has 0 saturated carbocycles. The number of ether oxygens (including phenoxy) is 2. The van der Waals surface area contributed by atoms with Gasteiger partial charge in [-0.2, -0.15) is 0 Å². The number of hydrogen-bond donors (Lipinski definition) is 1. The Bertz CT molecular complexity index is 1100. The highest BCUT2D eigenvalue weighted by Gasteiger charge is 2.37. The van der Waals surface area contributed by atoms with Crippen LogP contribution in [0.4, 0.5) is 10.5 Å². The van der Waals surface area contributed by atoms with Gasteiger partial charge < -0.3 is 9.47 Å². The minimum Gasteiger partial charge on any atom is -0.493 e. The lowest BCUT2D eigenvalue weighted by molar-refractivity contribution is -0.122. The summed E-state index contributed by atoms with van der Waals surface area (Å²) in [7, 11) is 1.45. The number of nitrogens with one attached hydrogen (secondary N) is 1. The molecule has 4 amide bonds. The van der Waals surface area contributed by atoms with Crippen LogP contribution in [0.5, 0.6) is 11.5 Å². The minimum absolute atomic E-state index is 0.211. The third kappa shape index (κ3) is 4.62. The van der Waals surface area contributed by atoms with Crippen LogP contribution < -0.4 is 19.7 Å². The number of carbonyl (C=O) groups excluding carboxylic acids is 3. The average Bonchev–Trinajstić information content (AvgIpc) is 2.69. The summed E-state index contributed by atoms with van der Waals surface area (Å²) in [4.78, 5) is 38.9. The SMILES string of the molecule is C=CCOc1c(Cl)cc(/C=C2/C(=O)NC(=O)N(c3cc(C)cc(C)c3)C2=O)cc1OC. The Morgan fingerprint density at radius 2 is 1.77 bits per heavy atom. The van der Waals surface area contributed by atoms with Crippen molar-refractivity contribution in [1.29, 1.82) is 0 Å². The molecule has 31 heavy (non-hydrogen) atoms. The van der Waals surface area contributed by atoms with Gasteiger partial charge in [-0.1, -0.05) is 30.3 Å². The summed E-state index contributed by atoms with van der Waals surface area (Å²) in [6, 6.07) is 7.62. The van der Waals surface area contributed by atoms with Crippen molar-refractivity contribution in [2.24, 2.45) is 0 Å². The molecular formula is C23H21ClN2O5. The van der Waals surface area contributed by atoms with Crippen LogP contribution in [0.3, 0.4) is 0 Å². The highest BCUT2D eigenvalue weighted by Crippen LogP contribution is 2.37. The van der Waals surface area contributed by atoms with Crippen LogP contribution in [0.15, 0.2) is 48.6 Å². The maximum absolute atomic E-state index is 13.1. The second-order valence-corrected chi connectivity index (χ2v) is 7.34. The zero-order valence-electron chi connectivity index (χ0n) is 17.3. The number of carbonyl (C=O) groups is 3. The molecule has 0 atom stereocenters. The summed E-state index contributed by atoms with van der Waals surface area (Å²) in [5.74, 6) is -0.886. The normalized spacial score (nSPS) is 15.2. The lowest BCUT2D eigenvalue weighted by atomic mass is 10.0. The molecule has 0 aromatic heterocycles. The first-order chi connectivity index (χ1) is 14.7. The molecule has 0 aliphatic carbocycles. The summed E-state index contributed by atoms with van der Waals surface area (Å²) in [5, 5.41) is 2.44. The van der Waals surface area contributed by atoms with E-state index in [1.54, 1.807) is 24.3 Å². The van der Waals surface area contributed by atoms with Crippen LogP contribution in [0.1, 0.15) is 16.7 Å². The third-order valence-electron chi connectivity index (χ3n) is 4.47. The number of aryl methyl sites for hydroxylation is 2. The molecule has 1 saturated heterocycles. The zero-order chi connectivity index (χ0) is 22.7. The van der Waals surface area contributed by atoms with Gasteiger partial charge in [0.05, 0.1) is 17.8 Å². The number of nitrogens with zero attached hydrogens (tertiary/aromatic N) is 1. The van der Waals surface area contributed by atoms with E-state index in [4.69, 9.17) is 21.1 Å². The fourth-order valence-electron chi connectivity index (χ4n) is 3.24. The van der Waals surface area contributed by atoms with Crippen molar-refractivity contribution in [2.75, 3.05) is 18.6 Å². The molecule has 3 rings (SSSR count). The number of imide groups is 2. The molecule has 1 N–H and O–H groups in total. The van der Waals surface area contributed by atoms with Gasteiger partial charge in [-0.3, -0.25) is 14.9 Å². The van der Waals surface area contributed by atoms with E-state index in [1.165, 1.54) is 19.3 Å². The molecule has 1 aliphatic rings. The van der Waals surface area contributed by atoms with Crippen molar-refractivity contribution in [2.45, 2.75) is 13.8 Å². The number of methoxy groups -OCH3 is 1. The van der Waals surface area contributed by atoms with Crippen molar-refractivity contribution in [3.8, 4) is 11.5 Å². The van der Waals surface area contributed by atoms with E-state index in [9.17, 15) is 14.4 Å². The fraction of sp³-hybridized carbons (Fsp3) is 0.174. The smallest absolute Gasteiger partial charge is 0.335 e. The Balaban J connectivity index is 2.04. The van der Waals surface area contributed by atoms with E-state index in [0.29, 0.717) is 22.7 Å². The van der Waals surface area contributed by atoms with Crippen LogP contribution in [0, 0.1) is 13.8 Å². The van der Waals surface area contributed by atoms with E-state index >= 15 is 0 Å². The van der Waals surface area contributed by atoms with Gasteiger partial charge in [-0.15, -0.1) is 0 Å². The lowest BCUT2D eigenvalue weighted by Crippen LogP contribution is -2.54. The van der Waals surface area contributed by atoms with E-state index in [1.807, 2.05) is 19.9 Å². The van der Waals surface area contributed by atoms with Gasteiger partial charge in [0.15, 0.2) is 11.5 Å². The molecule has 1 fully saturated rings. The number of amides is 4. The Kier molecular flexibility index (Phi) is 6.46. The standard InChI is InChI=1S/C23H21ClN2O5/c1-5-6-31-20-18(24)11-15(12-19(20)30-4)10-17-21(27)25-23(29)26(22(17)28)16-8-13(2)7-14(3)9-16/h5,7-12H,1,6H2,2-4H3,(H,25,27,29)/b17-10-. The van der Waals surface area contributed by atoms with Crippen molar-refractivity contribution < 1.29 is 23.9 Å². The molecule has 160 valence electrons. The fourth-order valence-corrected chi connectivity index (χ4v) is 3.52. The van der Waals surface area contributed by atoms with Gasteiger partial charge in [0.2, 0.25) is 0 Å². The average molecular weight is 441 g/mol. The number of halogens is 1. The van der Waals surface area contributed by atoms with E-state index < -0.39 is 17.8 Å². The largest absolute Gasteiger partial charge is 0.493 e. The second kappa shape index (κ2) is 9.06. The lowest BCUT2D eigenvalue weighted by Gasteiger charge is -2.27. The Labute approximate surface area is 184 Å². The highest BCUT2D eigenvalue weighted by molar-refractivity contribution is 6.39. The van der Waals surface area contributed by atoms with E-state index in [2.05, 4.69) is 11.9 Å². The van der Waals surface area contributed by atoms with Gasteiger partial charge in [-0.25, -0.2) is 9.69 Å². The second-order valence-electron chi connectivity index (χ2n) is 6.94. The number of benzene rings is 2. The van der Waals surface area contributed by atoms with E-state index in [0.717, 1.165) is 16.0 Å². The molecule has 0 unspecified atom stereocenters. The van der Waals surface area contributed by atoms with Gasteiger partial charge in [0, 0.05) is 0 Å². The predicted molar refractivity (Wildman–Crippen MR) is 119 cm³/mol. The van der Waals surface area contributed by atoms with Crippen LogP contribution in [-0.2, 0) is 9.59 Å². The Morgan fingerprint density at radius 1 is 1.10 bits per heavy atom. The number of hydrogen-bond acceptors (Lipinski definition) is 5. The van der Waals surface area contributed by atoms with Gasteiger partial charge in [0.1, 0.15) is 12.2 Å². The van der Waals surface area contributed by atoms with Gasteiger partial charge in [0.25, 0.3) is 11.8 Å². The van der Waals surface area contributed by atoms with Crippen molar-refractivity contribution in [3.05, 3.63) is 70.3 Å². The molecule has 0 radical (unpaired) electrons. The zero-order valence-corrected chi connectivity index (χ0v) is 18.1. The first kappa shape index (κ1) is 22.1. The number of barbiturate groups is 1. The molecule has 8 heteroatoms. The first-order valence-corrected chi connectivity index (χ1v) is 9.74. The summed E-state index contributed by atoms with van der Waals surface area (Å²) in [6.07, 6.45) is 2.92. The predicted octanol–water partition coefficient (Wildman–Crippen LogP) is 4.20. The molecule has 0 spiro atoms. The maximum atomic E-state index is 13.1. The van der Waals surface area contributed by atoms with Crippen molar-refractivity contribution in [1.82, 2.24) is 5.32 Å². The molecule has 1 aliphatic heterocycles. The molecule has 2 aromatic carbocycles. The van der Waals surface area contributed by atoms with Crippen LogP contribution >= 0.6 is 11.6 Å². The quantitative estimate of drug-likeness (QED) is 0.413. The summed E-state index contributed by atoms with van der Waals surface area (Å²) >= 11 is 6.30. The third-order valence-corrected chi connectivity index (χ3v) is 4.76. The molecule has 7 nitrogen and oxygen atoms in total. The first-order valence-electron chi connectivity index (χ1n) is 9.36. The van der Waals surface area contributed by atoms with Gasteiger partial charge in [-0.05, 0) is 60.9 Å². The molecule has 0 bridgehead atoms. The van der Waals surface area contributed by atoms with Crippen molar-refractivity contribution >= 4 is 41.2 Å². The monoisotopic (exact) mass is 440 g/mol. The number of rotatable bonds is 6. The maximum Gasteiger partial charge on any atom is 0.335 e.